The standard InChI is InChI=1S/C14H17N5O2/c20-14(7-12-8-21-6-5-16-12)18-11-1-3-13(4-2-11)19-10-15-9-17-19/h1-4,9-10,12,16H,5-8H2,(H,18,20)/t12-/m0/s1. The van der Waals surface area contributed by atoms with Gasteiger partial charge in [0.2, 0.25) is 5.91 Å². The molecular formula is C14H17N5O2. The minimum atomic E-state index is -0.0218. The Balaban J connectivity index is 1.56. The third kappa shape index (κ3) is 3.65. The lowest BCUT2D eigenvalue weighted by atomic mass is 10.2. The number of amides is 1. The van der Waals surface area contributed by atoms with Crippen LogP contribution in [-0.4, -0.2) is 46.5 Å². The van der Waals surface area contributed by atoms with Crippen molar-refractivity contribution >= 4 is 11.6 Å². The van der Waals surface area contributed by atoms with Crippen LogP contribution in [0, 0.1) is 0 Å². The highest BCUT2D eigenvalue weighted by atomic mass is 16.5. The SMILES string of the molecule is O=C(C[C@H]1COCCN1)Nc1ccc(-n2cncn2)cc1. The summed E-state index contributed by atoms with van der Waals surface area (Å²) < 4.78 is 6.99. The first-order valence-electron chi connectivity index (χ1n) is 6.87. The fraction of sp³-hybridized carbons (Fsp3) is 0.357. The maximum absolute atomic E-state index is 12.0. The van der Waals surface area contributed by atoms with Gasteiger partial charge in [-0.25, -0.2) is 9.67 Å². The largest absolute Gasteiger partial charge is 0.378 e. The lowest BCUT2D eigenvalue weighted by Gasteiger charge is -2.23. The molecule has 7 nitrogen and oxygen atoms in total. The Bertz CT molecular complexity index is 576. The second kappa shape index (κ2) is 6.47. The van der Waals surface area contributed by atoms with Gasteiger partial charge in [0.15, 0.2) is 0 Å². The zero-order chi connectivity index (χ0) is 14.5. The van der Waals surface area contributed by atoms with Crippen LogP contribution >= 0.6 is 0 Å². The smallest absolute Gasteiger partial charge is 0.226 e. The van der Waals surface area contributed by atoms with E-state index in [1.54, 1.807) is 11.0 Å². The number of hydrogen-bond acceptors (Lipinski definition) is 5. The first kappa shape index (κ1) is 13.7. The Morgan fingerprint density at radius 3 is 2.95 bits per heavy atom. The molecule has 1 amide bonds. The van der Waals surface area contributed by atoms with Crippen molar-refractivity contribution in [2.45, 2.75) is 12.5 Å². The van der Waals surface area contributed by atoms with Gasteiger partial charge in [0.05, 0.1) is 18.9 Å². The predicted molar refractivity (Wildman–Crippen MR) is 77.2 cm³/mol. The Morgan fingerprint density at radius 1 is 1.43 bits per heavy atom. The number of hydrogen-bond donors (Lipinski definition) is 2. The zero-order valence-electron chi connectivity index (χ0n) is 11.5. The van der Waals surface area contributed by atoms with E-state index in [1.807, 2.05) is 24.3 Å². The number of nitrogens with one attached hydrogen (secondary N) is 2. The maximum Gasteiger partial charge on any atom is 0.226 e. The highest BCUT2D eigenvalue weighted by Gasteiger charge is 2.16. The molecule has 0 radical (unpaired) electrons. The van der Waals surface area contributed by atoms with Crippen molar-refractivity contribution in [3.05, 3.63) is 36.9 Å². The highest BCUT2D eigenvalue weighted by Crippen LogP contribution is 2.13. The molecule has 0 spiro atoms. The molecule has 1 atom stereocenters. The van der Waals surface area contributed by atoms with Crippen molar-refractivity contribution in [2.75, 3.05) is 25.1 Å². The summed E-state index contributed by atoms with van der Waals surface area (Å²) in [7, 11) is 0. The van der Waals surface area contributed by atoms with Crippen LogP contribution in [0.5, 0.6) is 0 Å². The molecule has 1 aromatic heterocycles. The van der Waals surface area contributed by atoms with Crippen LogP contribution < -0.4 is 10.6 Å². The summed E-state index contributed by atoms with van der Waals surface area (Å²) in [4.78, 5) is 15.9. The van der Waals surface area contributed by atoms with Crippen molar-refractivity contribution in [3.63, 3.8) is 0 Å². The second-order valence-corrected chi connectivity index (χ2v) is 4.87. The van der Waals surface area contributed by atoms with Crippen LogP contribution in [0.2, 0.25) is 0 Å². The molecule has 1 fully saturated rings. The molecule has 0 saturated carbocycles. The molecule has 1 aromatic carbocycles. The van der Waals surface area contributed by atoms with E-state index in [4.69, 9.17) is 4.74 Å². The third-order valence-corrected chi connectivity index (χ3v) is 3.26. The van der Waals surface area contributed by atoms with Gasteiger partial charge in [-0.05, 0) is 24.3 Å². The highest BCUT2D eigenvalue weighted by molar-refractivity contribution is 5.91. The van der Waals surface area contributed by atoms with Gasteiger partial charge in [0.1, 0.15) is 12.7 Å². The molecule has 1 aliphatic heterocycles. The summed E-state index contributed by atoms with van der Waals surface area (Å²) in [6.07, 6.45) is 3.52. The number of nitrogens with zero attached hydrogens (tertiary/aromatic N) is 3. The fourth-order valence-electron chi connectivity index (χ4n) is 2.23. The van der Waals surface area contributed by atoms with E-state index >= 15 is 0 Å². The van der Waals surface area contributed by atoms with Crippen LogP contribution in [0.1, 0.15) is 6.42 Å². The number of rotatable bonds is 4. The van der Waals surface area contributed by atoms with E-state index in [-0.39, 0.29) is 11.9 Å². The number of aromatic nitrogens is 3. The Labute approximate surface area is 122 Å². The molecule has 110 valence electrons. The van der Waals surface area contributed by atoms with Crippen molar-refractivity contribution in [1.29, 1.82) is 0 Å². The number of ether oxygens (including phenoxy) is 1. The Kier molecular flexibility index (Phi) is 4.23. The molecule has 7 heteroatoms. The van der Waals surface area contributed by atoms with Gasteiger partial charge >= 0.3 is 0 Å². The minimum Gasteiger partial charge on any atom is -0.378 e. The average molecular weight is 287 g/mol. The molecule has 0 bridgehead atoms. The first-order chi connectivity index (χ1) is 10.3. The topological polar surface area (TPSA) is 81.1 Å². The van der Waals surface area contributed by atoms with Gasteiger partial charge in [-0.3, -0.25) is 4.79 Å². The minimum absolute atomic E-state index is 0.0218. The molecule has 1 saturated heterocycles. The first-order valence-corrected chi connectivity index (χ1v) is 6.87. The quantitative estimate of drug-likeness (QED) is 0.860. The average Bonchev–Trinajstić information content (AvgIpc) is 3.03. The molecule has 21 heavy (non-hydrogen) atoms. The second-order valence-electron chi connectivity index (χ2n) is 4.87. The molecular weight excluding hydrogens is 270 g/mol. The van der Waals surface area contributed by atoms with Crippen LogP contribution in [0.4, 0.5) is 5.69 Å². The summed E-state index contributed by atoms with van der Waals surface area (Å²) >= 11 is 0. The molecule has 0 unspecified atom stereocenters. The van der Waals surface area contributed by atoms with Crippen LogP contribution in [0.3, 0.4) is 0 Å². The molecule has 0 aliphatic carbocycles. The van der Waals surface area contributed by atoms with E-state index in [0.717, 1.165) is 17.9 Å². The van der Waals surface area contributed by atoms with Crippen molar-refractivity contribution in [3.8, 4) is 5.69 Å². The molecule has 1 aliphatic rings. The van der Waals surface area contributed by atoms with E-state index in [0.29, 0.717) is 19.6 Å². The van der Waals surface area contributed by atoms with E-state index in [2.05, 4.69) is 20.7 Å². The van der Waals surface area contributed by atoms with Gasteiger partial charge in [-0.15, -0.1) is 0 Å². The van der Waals surface area contributed by atoms with Gasteiger partial charge in [0, 0.05) is 24.7 Å². The van der Waals surface area contributed by atoms with E-state index in [9.17, 15) is 4.79 Å². The summed E-state index contributed by atoms with van der Waals surface area (Å²) in [5, 5.41) is 10.2. The number of anilines is 1. The van der Waals surface area contributed by atoms with Crippen molar-refractivity contribution in [1.82, 2.24) is 20.1 Å². The molecule has 2 heterocycles. The monoisotopic (exact) mass is 287 g/mol. The number of morpholine rings is 1. The summed E-state index contributed by atoms with van der Waals surface area (Å²) in [5.41, 5.74) is 1.66. The molecule has 2 N–H and O–H groups in total. The molecule has 3 rings (SSSR count). The van der Waals surface area contributed by atoms with Crippen LogP contribution in [0.25, 0.3) is 5.69 Å². The van der Waals surface area contributed by atoms with Gasteiger partial charge < -0.3 is 15.4 Å². The normalized spacial score (nSPS) is 18.4. The Morgan fingerprint density at radius 2 is 2.29 bits per heavy atom. The van der Waals surface area contributed by atoms with E-state index < -0.39 is 0 Å². The van der Waals surface area contributed by atoms with Crippen LogP contribution in [0.15, 0.2) is 36.9 Å². The summed E-state index contributed by atoms with van der Waals surface area (Å²) in [6.45, 7) is 2.09. The van der Waals surface area contributed by atoms with Crippen molar-refractivity contribution < 1.29 is 9.53 Å². The fourth-order valence-corrected chi connectivity index (χ4v) is 2.23. The lowest BCUT2D eigenvalue weighted by molar-refractivity contribution is -0.117. The van der Waals surface area contributed by atoms with Gasteiger partial charge in [-0.2, -0.15) is 5.10 Å². The predicted octanol–water partition coefficient (Wildman–Crippen LogP) is 0.584. The van der Waals surface area contributed by atoms with E-state index in [1.165, 1.54) is 6.33 Å². The van der Waals surface area contributed by atoms with Crippen LogP contribution in [-0.2, 0) is 9.53 Å². The maximum atomic E-state index is 12.0. The molecule has 2 aromatic rings. The zero-order valence-corrected chi connectivity index (χ0v) is 11.5. The third-order valence-electron chi connectivity index (χ3n) is 3.26. The van der Waals surface area contributed by atoms with Crippen molar-refractivity contribution in [2.24, 2.45) is 0 Å². The summed E-state index contributed by atoms with van der Waals surface area (Å²) in [6, 6.07) is 7.55. The number of carbonyl (C=O) groups excluding carboxylic acids is 1. The van der Waals surface area contributed by atoms with Gasteiger partial charge in [-0.1, -0.05) is 0 Å². The Hall–Kier alpha value is -2.25. The number of carbonyl (C=O) groups is 1. The number of benzene rings is 1. The lowest BCUT2D eigenvalue weighted by Crippen LogP contribution is -2.43. The summed E-state index contributed by atoms with van der Waals surface area (Å²) in [5.74, 6) is -0.0218. The van der Waals surface area contributed by atoms with Gasteiger partial charge in [0.25, 0.3) is 0 Å².